The molecule has 0 saturated carbocycles. The van der Waals surface area contributed by atoms with E-state index in [0.29, 0.717) is 36.4 Å². The number of rotatable bonds is 6. The van der Waals surface area contributed by atoms with Crippen LogP contribution in [0.4, 0.5) is 0 Å². The van der Waals surface area contributed by atoms with Gasteiger partial charge in [0, 0.05) is 24.8 Å². The molecule has 0 unspecified atom stereocenters. The first-order valence-corrected chi connectivity index (χ1v) is 9.95. The minimum absolute atomic E-state index is 0.0117. The van der Waals surface area contributed by atoms with E-state index in [1.54, 1.807) is 4.90 Å². The largest absolute Gasteiger partial charge is 0.468 e. The molecule has 0 bridgehead atoms. The van der Waals surface area contributed by atoms with Gasteiger partial charge in [-0.3, -0.25) is 14.6 Å². The number of Topliss-reactive ketones (excluding diaryl/α,β-unsaturated/α-hetero) is 1. The molecule has 4 rings (SSSR count). The first kappa shape index (κ1) is 18.4. The van der Waals surface area contributed by atoms with Gasteiger partial charge in [-0.2, -0.15) is 0 Å². The summed E-state index contributed by atoms with van der Waals surface area (Å²) in [5.41, 5.74) is 2.64. The van der Waals surface area contributed by atoms with E-state index < -0.39 is 0 Å². The van der Waals surface area contributed by atoms with Crippen molar-refractivity contribution in [3.8, 4) is 0 Å². The summed E-state index contributed by atoms with van der Waals surface area (Å²) < 4.78 is 5.56. The maximum absolute atomic E-state index is 13.3. The van der Waals surface area contributed by atoms with E-state index in [-0.39, 0.29) is 11.7 Å². The average Bonchev–Trinajstić information content (AvgIpc) is 3.16. The Morgan fingerprint density at radius 2 is 2.04 bits per heavy atom. The molecule has 0 saturated heterocycles. The van der Waals surface area contributed by atoms with Crippen LogP contribution in [0, 0.1) is 0 Å². The van der Waals surface area contributed by atoms with Crippen LogP contribution in [0.15, 0.2) is 47.1 Å². The summed E-state index contributed by atoms with van der Waals surface area (Å²) in [4.78, 5) is 32.1. The molecule has 0 radical (unpaired) electrons. The quantitative estimate of drug-likeness (QED) is 0.620. The number of aromatic nitrogens is 1. The van der Waals surface area contributed by atoms with Crippen LogP contribution in [0.25, 0.3) is 10.9 Å². The molecule has 0 fully saturated rings. The summed E-state index contributed by atoms with van der Waals surface area (Å²) in [6, 6.07) is 11.9. The molecule has 0 spiro atoms. The summed E-state index contributed by atoms with van der Waals surface area (Å²) in [5.74, 6) is 0.514. The van der Waals surface area contributed by atoms with Crippen LogP contribution in [0.5, 0.6) is 0 Å². The third kappa shape index (κ3) is 3.57. The van der Waals surface area contributed by atoms with Crippen molar-refractivity contribution in [2.45, 2.75) is 45.6 Å². The number of nitrogens with zero attached hydrogens (tertiary/aromatic N) is 2. The maximum Gasteiger partial charge on any atom is 0.258 e. The van der Waals surface area contributed by atoms with E-state index in [0.717, 1.165) is 42.3 Å². The molecule has 1 aliphatic carbocycles. The van der Waals surface area contributed by atoms with Crippen molar-refractivity contribution in [1.82, 2.24) is 9.88 Å². The summed E-state index contributed by atoms with van der Waals surface area (Å²) >= 11 is 0. The molecule has 1 aliphatic rings. The minimum atomic E-state index is -0.149. The first-order chi connectivity index (χ1) is 13.7. The van der Waals surface area contributed by atoms with Gasteiger partial charge < -0.3 is 9.32 Å². The zero-order chi connectivity index (χ0) is 19.5. The number of pyridine rings is 1. The van der Waals surface area contributed by atoms with Gasteiger partial charge in [0.15, 0.2) is 5.78 Å². The summed E-state index contributed by atoms with van der Waals surface area (Å²) in [6.45, 7) is 3.13. The Hall–Kier alpha value is -2.95. The molecule has 0 N–H and O–H groups in total. The Morgan fingerprint density at radius 3 is 2.89 bits per heavy atom. The van der Waals surface area contributed by atoms with E-state index in [9.17, 15) is 9.59 Å². The number of fused-ring (bicyclic) bond motifs is 2. The molecule has 3 aromatic rings. The molecular formula is C23H24N2O3. The normalized spacial score (nSPS) is 13.5. The number of para-hydroxylation sites is 1. The minimum Gasteiger partial charge on any atom is -0.468 e. The molecule has 1 aromatic carbocycles. The van der Waals surface area contributed by atoms with Gasteiger partial charge in [0.25, 0.3) is 5.91 Å². The molecule has 0 atom stereocenters. The lowest BCUT2D eigenvalue weighted by Gasteiger charge is -2.22. The highest BCUT2D eigenvalue weighted by molar-refractivity contribution is 6.09. The van der Waals surface area contributed by atoms with Crippen LogP contribution >= 0.6 is 0 Å². The van der Waals surface area contributed by atoms with Gasteiger partial charge in [-0.1, -0.05) is 37.6 Å². The summed E-state index contributed by atoms with van der Waals surface area (Å²) in [7, 11) is 0. The fourth-order valence-corrected chi connectivity index (χ4v) is 3.74. The number of hydrogen-bond acceptors (Lipinski definition) is 4. The van der Waals surface area contributed by atoms with E-state index in [1.807, 2.05) is 36.4 Å². The van der Waals surface area contributed by atoms with Gasteiger partial charge in [0.1, 0.15) is 12.0 Å². The number of hydrogen-bond donors (Lipinski definition) is 0. The molecule has 144 valence electrons. The Labute approximate surface area is 164 Å². The van der Waals surface area contributed by atoms with Gasteiger partial charge in [-0.05, 0) is 25.0 Å². The molecule has 5 nitrogen and oxygen atoms in total. The lowest BCUT2D eigenvalue weighted by Crippen LogP contribution is -2.33. The molecule has 1 amide bonds. The number of amides is 1. The SMILES string of the molecule is CCCCN(Cc1ccc2ccccc2n1)C(=O)c1coc2c1C(=O)CCC2. The highest BCUT2D eigenvalue weighted by Gasteiger charge is 2.30. The highest BCUT2D eigenvalue weighted by atomic mass is 16.3. The molecule has 2 aromatic heterocycles. The van der Waals surface area contributed by atoms with Crippen molar-refractivity contribution < 1.29 is 14.0 Å². The smallest absolute Gasteiger partial charge is 0.258 e. The molecular weight excluding hydrogens is 352 g/mol. The topological polar surface area (TPSA) is 63.4 Å². The van der Waals surface area contributed by atoms with Crippen LogP contribution < -0.4 is 0 Å². The Morgan fingerprint density at radius 1 is 1.18 bits per heavy atom. The van der Waals surface area contributed by atoms with E-state index in [2.05, 4.69) is 6.92 Å². The Kier molecular flexibility index (Phi) is 5.24. The van der Waals surface area contributed by atoms with Crippen molar-refractivity contribution in [1.29, 1.82) is 0 Å². The lowest BCUT2D eigenvalue weighted by atomic mass is 9.93. The average molecular weight is 376 g/mol. The summed E-state index contributed by atoms with van der Waals surface area (Å²) in [6.07, 6.45) is 5.32. The van der Waals surface area contributed by atoms with Crippen LogP contribution in [-0.2, 0) is 13.0 Å². The van der Waals surface area contributed by atoms with Gasteiger partial charge in [-0.25, -0.2) is 0 Å². The van der Waals surface area contributed by atoms with Crippen molar-refractivity contribution in [3.05, 3.63) is 65.2 Å². The Bertz CT molecular complexity index is 1020. The van der Waals surface area contributed by atoms with Crippen LogP contribution in [-0.4, -0.2) is 28.1 Å². The molecule has 28 heavy (non-hydrogen) atoms. The van der Waals surface area contributed by atoms with Crippen molar-refractivity contribution in [2.24, 2.45) is 0 Å². The van der Waals surface area contributed by atoms with Crippen molar-refractivity contribution in [2.75, 3.05) is 6.54 Å². The second-order valence-corrected chi connectivity index (χ2v) is 7.30. The molecule has 5 heteroatoms. The third-order valence-corrected chi connectivity index (χ3v) is 5.26. The maximum atomic E-state index is 13.3. The van der Waals surface area contributed by atoms with E-state index >= 15 is 0 Å². The lowest BCUT2D eigenvalue weighted by molar-refractivity contribution is 0.0733. The Balaban J connectivity index is 1.63. The van der Waals surface area contributed by atoms with Gasteiger partial charge in [-0.15, -0.1) is 0 Å². The second-order valence-electron chi connectivity index (χ2n) is 7.30. The fraction of sp³-hybridized carbons (Fsp3) is 0.348. The number of aryl methyl sites for hydroxylation is 1. The molecule has 2 heterocycles. The predicted octanol–water partition coefficient (Wildman–Crippen LogP) is 4.79. The molecule has 0 aliphatic heterocycles. The number of unbranched alkanes of at least 4 members (excludes halogenated alkanes) is 1. The fourth-order valence-electron chi connectivity index (χ4n) is 3.74. The number of furan rings is 1. The van der Waals surface area contributed by atoms with E-state index in [1.165, 1.54) is 6.26 Å². The number of carbonyl (C=O) groups excluding carboxylic acids is 2. The monoisotopic (exact) mass is 376 g/mol. The van der Waals surface area contributed by atoms with Gasteiger partial charge in [0.2, 0.25) is 0 Å². The highest BCUT2D eigenvalue weighted by Crippen LogP contribution is 2.28. The van der Waals surface area contributed by atoms with Crippen LogP contribution in [0.3, 0.4) is 0 Å². The first-order valence-electron chi connectivity index (χ1n) is 9.95. The zero-order valence-electron chi connectivity index (χ0n) is 16.1. The number of ketones is 1. The second kappa shape index (κ2) is 7.97. The summed E-state index contributed by atoms with van der Waals surface area (Å²) in [5, 5.41) is 1.08. The standard InChI is InChI=1S/C23H24N2O3/c1-2-3-13-25(14-17-12-11-16-7-4-5-8-19(16)24-17)23(27)18-15-28-21-10-6-9-20(26)22(18)21/h4-5,7-8,11-12,15H,2-3,6,9-10,13-14H2,1H3. The van der Waals surface area contributed by atoms with Crippen molar-refractivity contribution in [3.63, 3.8) is 0 Å². The van der Waals surface area contributed by atoms with Gasteiger partial charge >= 0.3 is 0 Å². The third-order valence-electron chi connectivity index (χ3n) is 5.26. The zero-order valence-corrected chi connectivity index (χ0v) is 16.1. The number of carbonyl (C=O) groups is 2. The van der Waals surface area contributed by atoms with Gasteiger partial charge in [0.05, 0.1) is 28.9 Å². The van der Waals surface area contributed by atoms with E-state index in [4.69, 9.17) is 9.40 Å². The van der Waals surface area contributed by atoms with Crippen LogP contribution in [0.2, 0.25) is 0 Å². The van der Waals surface area contributed by atoms with Crippen LogP contribution in [0.1, 0.15) is 64.8 Å². The predicted molar refractivity (Wildman–Crippen MR) is 107 cm³/mol. The number of benzene rings is 1. The van der Waals surface area contributed by atoms with Crippen molar-refractivity contribution >= 4 is 22.6 Å².